The summed E-state index contributed by atoms with van der Waals surface area (Å²) in [6.07, 6.45) is 4.45. The Balaban J connectivity index is 1.03. The number of urea groups is 1. The van der Waals surface area contributed by atoms with E-state index >= 15 is 0 Å². The molecule has 258 valence electrons. The summed E-state index contributed by atoms with van der Waals surface area (Å²) in [5.41, 5.74) is 0.793. The number of alkyl carbamates (subject to hydrolysis) is 1. The first-order valence-electron chi connectivity index (χ1n) is 15.8. The van der Waals surface area contributed by atoms with Crippen molar-refractivity contribution in [3.8, 4) is 22.1 Å². The summed E-state index contributed by atoms with van der Waals surface area (Å²) in [6, 6.07) is 7.47. The first-order valence-corrected chi connectivity index (χ1v) is 16.6. The quantitative estimate of drug-likeness (QED) is 0.235. The lowest BCUT2D eigenvalue weighted by Crippen LogP contribution is -2.53. The number of aromatic nitrogens is 4. The van der Waals surface area contributed by atoms with Crippen LogP contribution in [0.3, 0.4) is 0 Å². The number of nitrogens with zero attached hydrogens (tertiary/aromatic N) is 6. The molecule has 1 aromatic carbocycles. The van der Waals surface area contributed by atoms with Crippen LogP contribution in [0.2, 0.25) is 0 Å². The molecule has 15 nitrogen and oxygen atoms in total. The molecule has 0 spiro atoms. The zero-order valence-corrected chi connectivity index (χ0v) is 28.0. The fourth-order valence-electron chi connectivity index (χ4n) is 4.99. The Labute approximate surface area is 284 Å². The van der Waals surface area contributed by atoms with E-state index in [-0.39, 0.29) is 42.7 Å². The number of pyridine rings is 1. The molecule has 2 fully saturated rings. The first-order chi connectivity index (χ1) is 23.4. The van der Waals surface area contributed by atoms with E-state index in [1.165, 1.54) is 28.2 Å². The van der Waals surface area contributed by atoms with Crippen LogP contribution in [-0.2, 0) is 20.9 Å². The Morgan fingerprint density at radius 3 is 2.43 bits per heavy atom. The highest BCUT2D eigenvalue weighted by atomic mass is 32.1. The van der Waals surface area contributed by atoms with E-state index < -0.39 is 17.5 Å². The Morgan fingerprint density at radius 2 is 1.73 bits per heavy atom. The third-order valence-electron chi connectivity index (χ3n) is 7.55. The summed E-state index contributed by atoms with van der Waals surface area (Å²) in [5, 5.41) is 16.3. The third kappa shape index (κ3) is 8.78. The second kappa shape index (κ2) is 14.0. The van der Waals surface area contributed by atoms with Crippen LogP contribution in [0.25, 0.3) is 20.8 Å². The molecule has 0 unspecified atom stereocenters. The number of hydrogen-bond acceptors (Lipinski definition) is 10. The van der Waals surface area contributed by atoms with E-state index in [4.69, 9.17) is 9.47 Å². The van der Waals surface area contributed by atoms with Crippen LogP contribution in [-0.4, -0.2) is 98.1 Å². The number of carbonyl (C=O) groups excluding carboxylic acids is 4. The van der Waals surface area contributed by atoms with Crippen LogP contribution >= 0.6 is 11.3 Å². The van der Waals surface area contributed by atoms with Gasteiger partial charge in [0.05, 0.1) is 21.3 Å². The molecule has 4 heterocycles. The van der Waals surface area contributed by atoms with Gasteiger partial charge >= 0.3 is 12.1 Å². The Kier molecular flexibility index (Phi) is 9.62. The predicted octanol–water partition coefficient (Wildman–Crippen LogP) is 3.97. The molecule has 0 bridgehead atoms. The van der Waals surface area contributed by atoms with Crippen LogP contribution in [0, 0.1) is 5.82 Å². The van der Waals surface area contributed by atoms with Crippen LogP contribution in [0.4, 0.5) is 19.7 Å². The minimum absolute atomic E-state index is 0.0114. The van der Waals surface area contributed by atoms with E-state index in [2.05, 4.69) is 31.2 Å². The number of rotatable bonds is 9. The molecule has 2 aliphatic rings. The summed E-state index contributed by atoms with van der Waals surface area (Å²) in [5.74, 6) is -0.677. The zero-order chi connectivity index (χ0) is 34.7. The number of anilines is 1. The summed E-state index contributed by atoms with van der Waals surface area (Å²) in [4.78, 5) is 57.8. The molecule has 3 N–H and O–H groups in total. The summed E-state index contributed by atoms with van der Waals surface area (Å²) >= 11 is 1.34. The largest absolute Gasteiger partial charge is 0.453 e. The van der Waals surface area contributed by atoms with Gasteiger partial charge in [0.15, 0.2) is 11.6 Å². The molecule has 0 radical (unpaired) electrons. The van der Waals surface area contributed by atoms with E-state index in [0.29, 0.717) is 53.5 Å². The van der Waals surface area contributed by atoms with E-state index in [1.54, 1.807) is 55.1 Å². The fraction of sp³-hybridized carbons (Fsp3) is 0.406. The molecule has 0 atom stereocenters. The maximum atomic E-state index is 14.9. The fourth-order valence-corrected chi connectivity index (χ4v) is 6.00. The molecule has 17 heteroatoms. The van der Waals surface area contributed by atoms with Gasteiger partial charge in [-0.05, 0) is 51.8 Å². The lowest BCUT2D eigenvalue weighted by molar-refractivity contribution is -0.139. The number of nitrogens with one attached hydrogen (secondary N) is 3. The van der Waals surface area contributed by atoms with Gasteiger partial charge < -0.3 is 35.2 Å². The van der Waals surface area contributed by atoms with Crippen molar-refractivity contribution in [2.24, 2.45) is 0 Å². The molecule has 4 aromatic rings. The summed E-state index contributed by atoms with van der Waals surface area (Å²) in [6.45, 7) is 6.37. The second-order valence-corrected chi connectivity index (χ2v) is 13.7. The monoisotopic (exact) mass is 693 g/mol. The van der Waals surface area contributed by atoms with Gasteiger partial charge in [-0.1, -0.05) is 5.21 Å². The van der Waals surface area contributed by atoms with Crippen molar-refractivity contribution in [2.75, 3.05) is 38.0 Å². The SMILES string of the molecule is CC(C)(C)OC(=O)NCC(=O)N1CCN(C(=O)Cn2cc(-c3cc4nccc(Oc5ccc(NC(=O)NC6CC6)cc5F)c4s3)nn2)CC1. The normalized spacial score (nSPS) is 14.8. The molecule has 5 amide bonds. The first kappa shape index (κ1) is 33.6. The number of amides is 5. The van der Waals surface area contributed by atoms with Crippen molar-refractivity contribution in [2.45, 2.75) is 51.8 Å². The van der Waals surface area contributed by atoms with Gasteiger partial charge in [-0.25, -0.2) is 18.7 Å². The van der Waals surface area contributed by atoms with Gasteiger partial charge in [0.2, 0.25) is 11.8 Å². The molecule has 1 saturated carbocycles. The standard InChI is InChI=1S/C32H36FN9O6S/c1-32(2,3)48-31(46)35-16-27(43)40-10-12-41(13-11-40)28(44)18-42-17-23(38-39-42)26-15-22-29(49-26)25(8-9-34-22)47-24-7-6-20(14-21(24)33)37-30(45)36-19-4-5-19/h6-9,14-15,17,19H,4-5,10-13,16,18H2,1-3H3,(H,35,46)(H2,36,37,45). The van der Waals surface area contributed by atoms with Crippen molar-refractivity contribution >= 4 is 51.2 Å². The average Bonchev–Trinajstić information content (AvgIpc) is 3.54. The second-order valence-electron chi connectivity index (χ2n) is 12.7. The highest BCUT2D eigenvalue weighted by molar-refractivity contribution is 7.22. The van der Waals surface area contributed by atoms with Gasteiger partial charge in [0.25, 0.3) is 0 Å². The van der Waals surface area contributed by atoms with Crippen LogP contribution < -0.4 is 20.7 Å². The van der Waals surface area contributed by atoms with Gasteiger partial charge in [-0.2, -0.15) is 0 Å². The number of halogens is 1. The average molecular weight is 694 g/mol. The van der Waals surface area contributed by atoms with Gasteiger partial charge in [-0.15, -0.1) is 16.4 Å². The minimum atomic E-state index is -0.663. The molecular formula is C32H36FN9O6S. The summed E-state index contributed by atoms with van der Waals surface area (Å²) in [7, 11) is 0. The van der Waals surface area contributed by atoms with Crippen LogP contribution in [0.1, 0.15) is 33.6 Å². The van der Waals surface area contributed by atoms with Crippen LogP contribution in [0.5, 0.6) is 11.5 Å². The van der Waals surface area contributed by atoms with E-state index in [9.17, 15) is 23.6 Å². The van der Waals surface area contributed by atoms with Gasteiger partial charge in [-0.3, -0.25) is 14.6 Å². The number of fused-ring (bicyclic) bond motifs is 1. The molecule has 1 saturated heterocycles. The van der Waals surface area contributed by atoms with E-state index in [0.717, 1.165) is 17.7 Å². The lowest BCUT2D eigenvalue weighted by atomic mass is 10.2. The topological polar surface area (TPSA) is 173 Å². The van der Waals surface area contributed by atoms with Crippen LogP contribution in [0.15, 0.2) is 42.7 Å². The van der Waals surface area contributed by atoms with Crippen molar-refractivity contribution < 1.29 is 33.0 Å². The smallest absolute Gasteiger partial charge is 0.408 e. The zero-order valence-electron chi connectivity index (χ0n) is 27.2. The lowest BCUT2D eigenvalue weighted by Gasteiger charge is -2.34. The minimum Gasteiger partial charge on any atom is -0.453 e. The Hall–Kier alpha value is -5.32. The maximum Gasteiger partial charge on any atom is 0.408 e. The number of ether oxygens (including phenoxy) is 2. The van der Waals surface area contributed by atoms with Crippen molar-refractivity contribution in [3.05, 3.63) is 48.5 Å². The molecule has 1 aliphatic heterocycles. The highest BCUT2D eigenvalue weighted by Crippen LogP contribution is 2.39. The number of thiophene rings is 1. The van der Waals surface area contributed by atoms with Crippen molar-refractivity contribution in [1.29, 1.82) is 0 Å². The number of carbonyl (C=O) groups is 4. The molecular weight excluding hydrogens is 657 g/mol. The Morgan fingerprint density at radius 1 is 1.00 bits per heavy atom. The predicted molar refractivity (Wildman–Crippen MR) is 178 cm³/mol. The third-order valence-corrected chi connectivity index (χ3v) is 8.72. The van der Waals surface area contributed by atoms with Gasteiger partial charge in [0, 0.05) is 56.2 Å². The van der Waals surface area contributed by atoms with Crippen molar-refractivity contribution in [3.63, 3.8) is 0 Å². The number of piperazine rings is 1. The molecule has 3 aromatic heterocycles. The molecule has 49 heavy (non-hydrogen) atoms. The summed E-state index contributed by atoms with van der Waals surface area (Å²) < 4.78 is 28.1. The maximum absolute atomic E-state index is 14.9. The van der Waals surface area contributed by atoms with Crippen molar-refractivity contribution in [1.82, 2.24) is 40.4 Å². The van der Waals surface area contributed by atoms with Gasteiger partial charge in [0.1, 0.15) is 30.1 Å². The number of hydrogen-bond donors (Lipinski definition) is 3. The number of benzene rings is 1. The highest BCUT2D eigenvalue weighted by Gasteiger charge is 2.26. The molecule has 6 rings (SSSR count). The van der Waals surface area contributed by atoms with E-state index in [1.807, 2.05) is 6.07 Å². The Bertz CT molecular complexity index is 1880. The molecule has 1 aliphatic carbocycles.